The van der Waals surface area contributed by atoms with Gasteiger partial charge < -0.3 is 14.6 Å². The first kappa shape index (κ1) is 14.4. The maximum atomic E-state index is 13.7. The zero-order valence-electron chi connectivity index (χ0n) is 10.0. The lowest BCUT2D eigenvalue weighted by molar-refractivity contribution is -0.143. The van der Waals surface area contributed by atoms with E-state index in [0.29, 0.717) is 0 Å². The number of hydrogen-bond donors (Lipinski definition) is 1. The fourth-order valence-electron chi connectivity index (χ4n) is 1.85. The van der Waals surface area contributed by atoms with Gasteiger partial charge in [-0.15, -0.1) is 6.58 Å². The van der Waals surface area contributed by atoms with Gasteiger partial charge in [-0.3, -0.25) is 9.69 Å². The number of carboxylic acid groups (broad SMARTS) is 1. The van der Waals surface area contributed by atoms with Crippen molar-refractivity contribution in [1.82, 2.24) is 4.90 Å². The van der Waals surface area contributed by atoms with Crippen LogP contribution in [0.15, 0.2) is 12.7 Å². The predicted octanol–water partition coefficient (Wildman–Crippen LogP) is 0.821. The van der Waals surface area contributed by atoms with Crippen LogP contribution in [0.3, 0.4) is 0 Å². The summed E-state index contributed by atoms with van der Waals surface area (Å²) in [6.45, 7) is 4.24. The van der Waals surface area contributed by atoms with Crippen molar-refractivity contribution in [3.63, 3.8) is 0 Å². The Kier molecular flexibility index (Phi) is 5.08. The largest absolute Gasteiger partial charge is 0.465 e. The Labute approximate surface area is 104 Å². The van der Waals surface area contributed by atoms with Crippen molar-refractivity contribution in [2.24, 2.45) is 0 Å². The number of esters is 1. The first-order valence-corrected chi connectivity index (χ1v) is 5.46. The van der Waals surface area contributed by atoms with Crippen LogP contribution in [-0.4, -0.2) is 60.1 Å². The van der Waals surface area contributed by atoms with Crippen LogP contribution in [0.25, 0.3) is 0 Å². The van der Waals surface area contributed by atoms with Crippen LogP contribution in [-0.2, 0) is 14.3 Å². The quantitative estimate of drug-likeness (QED) is 0.585. The maximum absolute atomic E-state index is 13.7. The molecule has 18 heavy (non-hydrogen) atoms. The Hall–Kier alpha value is -1.63. The molecule has 1 heterocycles. The predicted molar refractivity (Wildman–Crippen MR) is 60.0 cm³/mol. The van der Waals surface area contributed by atoms with E-state index in [1.807, 2.05) is 0 Å². The molecule has 0 radical (unpaired) electrons. The molecule has 1 aliphatic rings. The molecule has 7 heteroatoms. The van der Waals surface area contributed by atoms with Gasteiger partial charge in [0.25, 0.3) is 0 Å². The molecule has 1 saturated heterocycles. The molecule has 1 fully saturated rings. The molecule has 1 rings (SSSR count). The van der Waals surface area contributed by atoms with Gasteiger partial charge in [-0.2, -0.15) is 0 Å². The molecule has 0 spiro atoms. The minimum atomic E-state index is -1.44. The van der Waals surface area contributed by atoms with Crippen LogP contribution in [0.4, 0.5) is 9.18 Å². The number of likely N-dealkylation sites (tertiary alicyclic amines) is 1. The Morgan fingerprint density at radius 1 is 1.61 bits per heavy atom. The molecule has 0 aromatic carbocycles. The number of halogens is 1. The lowest BCUT2D eigenvalue weighted by atomic mass is 10.1. The van der Waals surface area contributed by atoms with Crippen molar-refractivity contribution >= 4 is 12.1 Å². The third kappa shape index (κ3) is 3.43. The average molecular weight is 261 g/mol. The molecule has 102 valence electrons. The maximum Gasteiger partial charge on any atom is 0.407 e. The van der Waals surface area contributed by atoms with Crippen LogP contribution in [0, 0.1) is 0 Å². The van der Waals surface area contributed by atoms with Crippen molar-refractivity contribution in [3.8, 4) is 0 Å². The van der Waals surface area contributed by atoms with E-state index in [0.717, 1.165) is 4.90 Å². The highest BCUT2D eigenvalue weighted by Crippen LogP contribution is 2.24. The molecule has 1 aliphatic heterocycles. The van der Waals surface area contributed by atoms with Crippen molar-refractivity contribution in [3.05, 3.63) is 12.7 Å². The monoisotopic (exact) mass is 261 g/mol. The number of carbonyl (C=O) groups excluding carboxylic acids is 1. The van der Waals surface area contributed by atoms with Gasteiger partial charge in [0.15, 0.2) is 0 Å². The number of amides is 1. The third-order valence-electron chi connectivity index (χ3n) is 2.62. The van der Waals surface area contributed by atoms with Crippen LogP contribution < -0.4 is 0 Å². The first-order valence-electron chi connectivity index (χ1n) is 5.46. The fourth-order valence-corrected chi connectivity index (χ4v) is 1.85. The molecule has 0 aliphatic carbocycles. The smallest absolute Gasteiger partial charge is 0.407 e. The molecule has 6 nitrogen and oxygen atoms in total. The highest BCUT2D eigenvalue weighted by molar-refractivity contribution is 5.67. The van der Waals surface area contributed by atoms with E-state index in [1.165, 1.54) is 13.0 Å². The van der Waals surface area contributed by atoms with Crippen LogP contribution in [0.5, 0.6) is 0 Å². The van der Waals surface area contributed by atoms with Gasteiger partial charge in [0.1, 0.15) is 18.9 Å². The van der Waals surface area contributed by atoms with Crippen molar-refractivity contribution in [2.75, 3.05) is 19.8 Å². The minimum absolute atomic E-state index is 0.106. The third-order valence-corrected chi connectivity index (χ3v) is 2.62. The Bertz CT molecular complexity index is 335. The Morgan fingerprint density at radius 2 is 2.28 bits per heavy atom. The van der Waals surface area contributed by atoms with E-state index >= 15 is 0 Å². The van der Waals surface area contributed by atoms with Gasteiger partial charge in [-0.05, 0) is 0 Å². The summed E-state index contributed by atoms with van der Waals surface area (Å²) in [5, 5.41) is 8.95. The van der Waals surface area contributed by atoms with Crippen LogP contribution in [0.2, 0.25) is 0 Å². The number of rotatable bonds is 5. The minimum Gasteiger partial charge on any atom is -0.465 e. The number of ether oxygens (including phenoxy) is 2. The highest BCUT2D eigenvalue weighted by atomic mass is 19.1. The summed E-state index contributed by atoms with van der Waals surface area (Å²) < 4.78 is 23.6. The lowest BCUT2D eigenvalue weighted by Gasteiger charge is -2.24. The zero-order chi connectivity index (χ0) is 13.7. The standard InChI is InChI=1S/C11H16FNO5/c1-3-4-17-10-8(12)5-13(11(15)16)9(10)6-18-7(2)14/h3,8-10H,1,4-6H2,2H3,(H,15,16). The SMILES string of the molecule is C=CCOC1C(F)CN(C(=O)O)C1COC(C)=O. The number of nitrogens with zero attached hydrogens (tertiary/aromatic N) is 1. The van der Waals surface area contributed by atoms with Gasteiger partial charge in [-0.1, -0.05) is 6.08 Å². The summed E-state index contributed by atoms with van der Waals surface area (Å²) >= 11 is 0. The summed E-state index contributed by atoms with van der Waals surface area (Å²) in [6.07, 6.45) is -2.21. The van der Waals surface area contributed by atoms with E-state index < -0.39 is 30.4 Å². The van der Waals surface area contributed by atoms with Gasteiger partial charge in [0.05, 0.1) is 19.2 Å². The van der Waals surface area contributed by atoms with Gasteiger partial charge >= 0.3 is 12.1 Å². The second kappa shape index (κ2) is 6.34. The summed E-state index contributed by atoms with van der Waals surface area (Å²) in [5.41, 5.74) is 0. The van der Waals surface area contributed by atoms with Crippen molar-refractivity contribution in [1.29, 1.82) is 0 Å². The Morgan fingerprint density at radius 3 is 2.78 bits per heavy atom. The summed E-state index contributed by atoms with van der Waals surface area (Å²) in [6, 6.07) is -0.832. The Balaban J connectivity index is 2.74. The fraction of sp³-hybridized carbons (Fsp3) is 0.636. The van der Waals surface area contributed by atoms with E-state index in [4.69, 9.17) is 14.6 Å². The molecule has 3 unspecified atom stereocenters. The van der Waals surface area contributed by atoms with Gasteiger partial charge in [0.2, 0.25) is 0 Å². The lowest BCUT2D eigenvalue weighted by Crippen LogP contribution is -2.43. The molecule has 0 bridgehead atoms. The van der Waals surface area contributed by atoms with Crippen LogP contribution in [0.1, 0.15) is 6.92 Å². The molecule has 0 aromatic heterocycles. The van der Waals surface area contributed by atoms with E-state index in [2.05, 4.69) is 6.58 Å². The first-order chi connectivity index (χ1) is 8.47. The molecule has 1 amide bonds. The van der Waals surface area contributed by atoms with Crippen molar-refractivity contribution in [2.45, 2.75) is 25.2 Å². The molecule has 0 aromatic rings. The van der Waals surface area contributed by atoms with E-state index in [9.17, 15) is 14.0 Å². The normalized spacial score (nSPS) is 27.0. The summed E-state index contributed by atoms with van der Waals surface area (Å²) in [4.78, 5) is 22.6. The molecule has 0 saturated carbocycles. The zero-order valence-corrected chi connectivity index (χ0v) is 10.0. The van der Waals surface area contributed by atoms with Crippen LogP contribution >= 0.6 is 0 Å². The second-order valence-corrected chi connectivity index (χ2v) is 3.91. The molecule has 3 atom stereocenters. The van der Waals surface area contributed by atoms with E-state index in [1.54, 1.807) is 0 Å². The number of carbonyl (C=O) groups is 2. The van der Waals surface area contributed by atoms with Crippen molar-refractivity contribution < 1.29 is 28.6 Å². The highest BCUT2D eigenvalue weighted by Gasteiger charge is 2.45. The number of hydrogen-bond acceptors (Lipinski definition) is 4. The average Bonchev–Trinajstić information content (AvgIpc) is 2.60. The molecule has 1 N–H and O–H groups in total. The van der Waals surface area contributed by atoms with E-state index in [-0.39, 0.29) is 19.8 Å². The summed E-state index contributed by atoms with van der Waals surface area (Å²) in [7, 11) is 0. The van der Waals surface area contributed by atoms with Gasteiger partial charge in [-0.25, -0.2) is 9.18 Å². The second-order valence-electron chi connectivity index (χ2n) is 3.91. The summed E-state index contributed by atoms with van der Waals surface area (Å²) in [5.74, 6) is -0.551. The molecular weight excluding hydrogens is 245 g/mol. The van der Waals surface area contributed by atoms with Gasteiger partial charge in [0, 0.05) is 6.92 Å². The topological polar surface area (TPSA) is 76.1 Å². The molecular formula is C11H16FNO5. The number of alkyl halides is 1.